The van der Waals surface area contributed by atoms with E-state index < -0.39 is 12.7 Å². The summed E-state index contributed by atoms with van der Waals surface area (Å²) in [6.07, 6.45) is -0.823. The van der Waals surface area contributed by atoms with Crippen LogP contribution >= 0.6 is 0 Å². The summed E-state index contributed by atoms with van der Waals surface area (Å²) < 4.78 is 15.7. The summed E-state index contributed by atoms with van der Waals surface area (Å²) in [5.74, 6) is 0. The highest BCUT2D eigenvalue weighted by Gasteiger charge is 1.98. The van der Waals surface area contributed by atoms with Crippen LogP contribution in [0.3, 0.4) is 0 Å². The monoisotopic (exact) mass is 149 g/mol. The summed E-state index contributed by atoms with van der Waals surface area (Å²) in [6, 6.07) is 0. The Morgan fingerprint density at radius 2 is 2.40 bits per heavy atom. The number of primary amides is 1. The van der Waals surface area contributed by atoms with Gasteiger partial charge in [0.05, 0.1) is 12.9 Å². The summed E-state index contributed by atoms with van der Waals surface area (Å²) in [4.78, 5) is 9.90. The molecule has 0 aromatic heterocycles. The van der Waals surface area contributed by atoms with Gasteiger partial charge in [-0.15, -0.1) is 0 Å². The third-order valence-corrected chi connectivity index (χ3v) is 0.757. The first-order valence-electron chi connectivity index (χ1n) is 2.52. The first kappa shape index (κ1) is 8.90. The molecule has 0 radical (unpaired) electrons. The Morgan fingerprint density at radius 3 is 2.70 bits per heavy atom. The number of halogens is 1. The summed E-state index contributed by atoms with van der Waals surface area (Å²) >= 11 is 0. The second-order valence-corrected chi connectivity index (χ2v) is 1.53. The van der Waals surface area contributed by atoms with Crippen LogP contribution in [0.25, 0.3) is 0 Å². The van der Waals surface area contributed by atoms with Gasteiger partial charge in [0.15, 0.2) is 0 Å². The van der Waals surface area contributed by atoms with Gasteiger partial charge in [-0.2, -0.15) is 0 Å². The van der Waals surface area contributed by atoms with E-state index in [1.807, 2.05) is 0 Å². The number of nitrogens with two attached hydrogens (primary N) is 1. The summed E-state index contributed by atoms with van der Waals surface area (Å²) in [5, 5.41) is 8.30. The summed E-state index contributed by atoms with van der Waals surface area (Å²) in [5.41, 5.74) is 4.53. The van der Waals surface area contributed by atoms with Crippen molar-refractivity contribution in [3.8, 4) is 0 Å². The third-order valence-electron chi connectivity index (χ3n) is 0.757. The van der Waals surface area contributed by atoms with Crippen molar-refractivity contribution in [2.75, 3.05) is 13.2 Å². The minimum atomic E-state index is -0.993. The van der Waals surface area contributed by atoms with Crippen molar-refractivity contribution in [2.45, 2.75) is 0 Å². The van der Waals surface area contributed by atoms with E-state index in [2.05, 4.69) is 10.5 Å². The molecule has 0 aliphatic rings. The zero-order chi connectivity index (χ0) is 7.98. The largest absolute Gasteiger partial charge is 0.445 e. The van der Waals surface area contributed by atoms with Crippen molar-refractivity contribution >= 4 is 6.09 Å². The molecule has 0 heterocycles. The Morgan fingerprint density at radius 1 is 1.80 bits per heavy atom. The SMILES string of the molecule is NC(=O)OCC(=CF)CO. The predicted molar refractivity (Wildman–Crippen MR) is 31.8 cm³/mol. The van der Waals surface area contributed by atoms with Crippen molar-refractivity contribution in [1.29, 1.82) is 0 Å². The van der Waals surface area contributed by atoms with Gasteiger partial charge < -0.3 is 15.6 Å². The highest BCUT2D eigenvalue weighted by Crippen LogP contribution is 1.93. The van der Waals surface area contributed by atoms with E-state index in [-0.39, 0.29) is 18.5 Å². The normalized spacial score (nSPS) is 11.2. The molecule has 0 rings (SSSR count). The van der Waals surface area contributed by atoms with Gasteiger partial charge >= 0.3 is 6.09 Å². The lowest BCUT2D eigenvalue weighted by Crippen LogP contribution is -2.15. The standard InChI is InChI=1S/C5H8FNO3/c6-1-4(2-8)3-10-5(7)9/h1,8H,2-3H2,(H2,7,9). The second-order valence-electron chi connectivity index (χ2n) is 1.53. The lowest BCUT2D eigenvalue weighted by molar-refractivity contribution is 0.161. The Kier molecular flexibility index (Phi) is 4.23. The van der Waals surface area contributed by atoms with Crippen LogP contribution in [-0.4, -0.2) is 24.4 Å². The van der Waals surface area contributed by atoms with E-state index >= 15 is 0 Å². The molecule has 0 spiro atoms. The molecule has 0 aromatic carbocycles. The van der Waals surface area contributed by atoms with E-state index in [4.69, 9.17) is 5.11 Å². The average Bonchev–Trinajstić information content (AvgIpc) is 1.90. The Labute approximate surface area is 57.1 Å². The highest BCUT2D eigenvalue weighted by molar-refractivity contribution is 5.64. The van der Waals surface area contributed by atoms with Gasteiger partial charge in [-0.25, -0.2) is 9.18 Å². The van der Waals surface area contributed by atoms with Crippen LogP contribution in [0.5, 0.6) is 0 Å². The maximum absolute atomic E-state index is 11.6. The zero-order valence-electron chi connectivity index (χ0n) is 5.21. The maximum atomic E-state index is 11.6. The topological polar surface area (TPSA) is 72.6 Å². The van der Waals surface area contributed by atoms with Crippen molar-refractivity contribution < 1.29 is 19.0 Å². The van der Waals surface area contributed by atoms with E-state index in [9.17, 15) is 9.18 Å². The number of ether oxygens (including phenoxy) is 1. The quantitative estimate of drug-likeness (QED) is 0.589. The minimum Gasteiger partial charge on any atom is -0.445 e. The van der Waals surface area contributed by atoms with Crippen LogP contribution in [0.2, 0.25) is 0 Å². The van der Waals surface area contributed by atoms with E-state index in [1.165, 1.54) is 0 Å². The Balaban J connectivity index is 3.56. The third kappa shape index (κ3) is 3.85. The van der Waals surface area contributed by atoms with Crippen molar-refractivity contribution in [2.24, 2.45) is 5.73 Å². The van der Waals surface area contributed by atoms with Gasteiger partial charge in [-0.05, 0) is 0 Å². The van der Waals surface area contributed by atoms with Crippen molar-refractivity contribution in [3.63, 3.8) is 0 Å². The number of carbonyl (C=O) groups excluding carboxylic acids is 1. The molecule has 4 nitrogen and oxygen atoms in total. The van der Waals surface area contributed by atoms with Gasteiger partial charge in [0.2, 0.25) is 0 Å². The van der Waals surface area contributed by atoms with Gasteiger partial charge in [-0.1, -0.05) is 0 Å². The Bertz CT molecular complexity index is 146. The molecule has 0 atom stereocenters. The number of carbonyl (C=O) groups is 1. The molecule has 1 amide bonds. The maximum Gasteiger partial charge on any atom is 0.404 e. The van der Waals surface area contributed by atoms with Gasteiger partial charge in [0.25, 0.3) is 0 Å². The molecular formula is C5H8FNO3. The fourth-order valence-electron chi connectivity index (χ4n) is 0.275. The molecule has 5 heteroatoms. The van der Waals surface area contributed by atoms with E-state index in [0.29, 0.717) is 0 Å². The van der Waals surface area contributed by atoms with Crippen LogP contribution in [-0.2, 0) is 4.74 Å². The van der Waals surface area contributed by atoms with Crippen molar-refractivity contribution in [3.05, 3.63) is 11.9 Å². The molecule has 0 saturated carbocycles. The van der Waals surface area contributed by atoms with Gasteiger partial charge in [0, 0.05) is 5.57 Å². The molecule has 58 valence electrons. The van der Waals surface area contributed by atoms with Crippen molar-refractivity contribution in [1.82, 2.24) is 0 Å². The van der Waals surface area contributed by atoms with E-state index in [0.717, 1.165) is 0 Å². The van der Waals surface area contributed by atoms with Crippen LogP contribution in [0.4, 0.5) is 9.18 Å². The van der Waals surface area contributed by atoms with Crippen LogP contribution in [0, 0.1) is 0 Å². The van der Waals surface area contributed by atoms with Crippen LogP contribution in [0.15, 0.2) is 11.9 Å². The fraction of sp³-hybridized carbons (Fsp3) is 0.400. The molecule has 0 bridgehead atoms. The molecule has 10 heavy (non-hydrogen) atoms. The first-order valence-corrected chi connectivity index (χ1v) is 2.52. The minimum absolute atomic E-state index is 0.0289. The molecular weight excluding hydrogens is 141 g/mol. The number of amides is 1. The lowest BCUT2D eigenvalue weighted by atomic mass is 10.3. The average molecular weight is 149 g/mol. The predicted octanol–water partition coefficient (Wildman–Crippen LogP) is -0.0726. The Hall–Kier alpha value is -1.10. The first-order chi connectivity index (χ1) is 4.70. The molecule has 0 aliphatic heterocycles. The molecule has 0 saturated heterocycles. The van der Waals surface area contributed by atoms with E-state index in [1.54, 1.807) is 0 Å². The molecule has 0 fully saturated rings. The number of rotatable bonds is 3. The number of hydrogen-bond donors (Lipinski definition) is 2. The zero-order valence-corrected chi connectivity index (χ0v) is 5.21. The summed E-state index contributed by atoms with van der Waals surface area (Å²) in [6.45, 7) is -0.786. The summed E-state index contributed by atoms with van der Waals surface area (Å²) in [7, 11) is 0. The van der Waals surface area contributed by atoms with Gasteiger partial charge in [0.1, 0.15) is 6.61 Å². The molecule has 0 unspecified atom stereocenters. The highest BCUT2D eigenvalue weighted by atomic mass is 19.1. The molecule has 3 N–H and O–H groups in total. The van der Waals surface area contributed by atoms with Crippen LogP contribution < -0.4 is 5.73 Å². The van der Waals surface area contributed by atoms with Crippen LogP contribution in [0.1, 0.15) is 0 Å². The van der Waals surface area contributed by atoms with Gasteiger partial charge in [-0.3, -0.25) is 0 Å². The smallest absolute Gasteiger partial charge is 0.404 e. The number of aliphatic hydroxyl groups is 1. The number of aliphatic hydroxyl groups excluding tert-OH is 1. The second kappa shape index (κ2) is 4.75. The molecule has 0 aromatic rings. The molecule has 0 aliphatic carbocycles. The number of hydrogen-bond acceptors (Lipinski definition) is 3. The lowest BCUT2D eigenvalue weighted by Gasteiger charge is -2.00. The fourth-order valence-corrected chi connectivity index (χ4v) is 0.275.